The van der Waals surface area contributed by atoms with Gasteiger partial charge in [0.1, 0.15) is 5.75 Å². The van der Waals surface area contributed by atoms with Crippen molar-refractivity contribution in [3.8, 4) is 18.1 Å². The lowest BCUT2D eigenvalue weighted by Crippen LogP contribution is -2.38. The van der Waals surface area contributed by atoms with Crippen LogP contribution in [0.1, 0.15) is 6.42 Å². The highest BCUT2D eigenvalue weighted by Gasteiger charge is 1.98. The van der Waals surface area contributed by atoms with Crippen molar-refractivity contribution in [2.24, 2.45) is 4.99 Å². The fraction of sp³-hybridized carbons (Fsp3) is 0.278. The number of guanidine groups is 1. The van der Waals surface area contributed by atoms with Crippen molar-refractivity contribution in [1.82, 2.24) is 10.6 Å². The highest BCUT2D eigenvalue weighted by molar-refractivity contribution is 5.83. The Hall–Kier alpha value is -2.67. The Morgan fingerprint density at radius 2 is 2.00 bits per heavy atom. The van der Waals surface area contributed by atoms with Crippen LogP contribution in [0.25, 0.3) is 10.8 Å². The highest BCUT2D eigenvalue weighted by Crippen LogP contribution is 2.20. The zero-order chi connectivity index (χ0) is 15.6. The van der Waals surface area contributed by atoms with Crippen molar-refractivity contribution in [2.45, 2.75) is 6.42 Å². The number of nitrogens with one attached hydrogen (secondary N) is 2. The van der Waals surface area contributed by atoms with E-state index >= 15 is 0 Å². The van der Waals surface area contributed by atoms with E-state index < -0.39 is 0 Å². The summed E-state index contributed by atoms with van der Waals surface area (Å²) in [4.78, 5) is 4.07. The van der Waals surface area contributed by atoms with Crippen molar-refractivity contribution in [2.75, 3.05) is 26.7 Å². The molecule has 0 amide bonds. The standard InChI is InChI=1S/C18H21N3O/c1-3-11-20-18(19-2)21-12-6-13-22-17-10-9-15-7-4-5-8-16(15)14-17/h1,4-5,7-10,14H,6,11-13H2,2H3,(H2,19,20,21). The Bertz CT molecular complexity index is 673. The zero-order valence-corrected chi connectivity index (χ0v) is 12.8. The maximum absolute atomic E-state index is 5.78. The molecule has 4 nitrogen and oxygen atoms in total. The minimum atomic E-state index is 0.466. The average molecular weight is 295 g/mol. The van der Waals surface area contributed by atoms with Gasteiger partial charge < -0.3 is 15.4 Å². The van der Waals surface area contributed by atoms with Gasteiger partial charge in [0.05, 0.1) is 13.2 Å². The van der Waals surface area contributed by atoms with Gasteiger partial charge in [-0.05, 0) is 29.3 Å². The van der Waals surface area contributed by atoms with E-state index in [-0.39, 0.29) is 0 Å². The first-order valence-corrected chi connectivity index (χ1v) is 7.33. The monoisotopic (exact) mass is 295 g/mol. The first kappa shape index (κ1) is 15.7. The molecule has 0 saturated carbocycles. The Morgan fingerprint density at radius 1 is 1.18 bits per heavy atom. The van der Waals surface area contributed by atoms with Crippen LogP contribution in [0.2, 0.25) is 0 Å². The molecule has 2 aromatic rings. The van der Waals surface area contributed by atoms with Gasteiger partial charge >= 0.3 is 0 Å². The highest BCUT2D eigenvalue weighted by atomic mass is 16.5. The number of benzene rings is 2. The summed E-state index contributed by atoms with van der Waals surface area (Å²) in [5.74, 6) is 4.12. The molecule has 22 heavy (non-hydrogen) atoms. The third kappa shape index (κ3) is 4.71. The van der Waals surface area contributed by atoms with E-state index in [2.05, 4.69) is 45.8 Å². The van der Waals surface area contributed by atoms with Crippen molar-refractivity contribution >= 4 is 16.7 Å². The van der Waals surface area contributed by atoms with Crippen LogP contribution in [0.15, 0.2) is 47.5 Å². The van der Waals surface area contributed by atoms with E-state index in [4.69, 9.17) is 11.2 Å². The van der Waals surface area contributed by atoms with Crippen LogP contribution in [0.4, 0.5) is 0 Å². The van der Waals surface area contributed by atoms with Crippen molar-refractivity contribution in [3.05, 3.63) is 42.5 Å². The zero-order valence-electron chi connectivity index (χ0n) is 12.8. The number of aliphatic imine (C=N–C) groups is 1. The van der Waals surface area contributed by atoms with Gasteiger partial charge in [0.15, 0.2) is 5.96 Å². The largest absolute Gasteiger partial charge is 0.494 e. The Kier molecular flexibility index (Phi) is 6.13. The average Bonchev–Trinajstić information content (AvgIpc) is 2.57. The number of fused-ring (bicyclic) bond motifs is 1. The second kappa shape index (κ2) is 8.58. The van der Waals surface area contributed by atoms with Crippen LogP contribution in [0, 0.1) is 12.3 Å². The van der Waals surface area contributed by atoms with E-state index in [0.717, 1.165) is 18.7 Å². The second-order valence-electron chi connectivity index (χ2n) is 4.77. The summed E-state index contributed by atoms with van der Waals surface area (Å²) >= 11 is 0. The number of terminal acetylenes is 1. The Labute approximate surface area is 131 Å². The first-order valence-electron chi connectivity index (χ1n) is 7.33. The van der Waals surface area contributed by atoms with Crippen LogP contribution < -0.4 is 15.4 Å². The number of nitrogens with zero attached hydrogens (tertiary/aromatic N) is 1. The van der Waals surface area contributed by atoms with Gasteiger partial charge in [0, 0.05) is 13.6 Å². The molecule has 0 unspecified atom stereocenters. The summed E-state index contributed by atoms with van der Waals surface area (Å²) in [6.45, 7) is 1.89. The molecule has 0 aromatic heterocycles. The Balaban J connectivity index is 1.73. The van der Waals surface area contributed by atoms with Gasteiger partial charge in [-0.15, -0.1) is 6.42 Å². The molecule has 114 valence electrons. The van der Waals surface area contributed by atoms with E-state index in [0.29, 0.717) is 19.1 Å². The third-order valence-electron chi connectivity index (χ3n) is 3.18. The van der Waals surface area contributed by atoms with Gasteiger partial charge in [-0.1, -0.05) is 36.3 Å². The van der Waals surface area contributed by atoms with Crippen LogP contribution in [0.3, 0.4) is 0 Å². The summed E-state index contributed by atoms with van der Waals surface area (Å²) in [7, 11) is 1.72. The molecule has 0 aliphatic rings. The predicted octanol–water partition coefficient (Wildman–Crippen LogP) is 2.41. The van der Waals surface area contributed by atoms with Gasteiger partial charge in [0.25, 0.3) is 0 Å². The van der Waals surface area contributed by atoms with Crippen LogP contribution in [-0.4, -0.2) is 32.7 Å². The normalized spacial score (nSPS) is 11.0. The van der Waals surface area contributed by atoms with Crippen molar-refractivity contribution in [3.63, 3.8) is 0 Å². The molecule has 0 spiro atoms. The molecule has 0 heterocycles. The summed E-state index contributed by atoms with van der Waals surface area (Å²) in [5.41, 5.74) is 0. The smallest absolute Gasteiger partial charge is 0.191 e. The maximum Gasteiger partial charge on any atom is 0.191 e. The molecule has 2 rings (SSSR count). The molecule has 0 aliphatic carbocycles. The molecular formula is C18H21N3O. The van der Waals surface area contributed by atoms with Crippen LogP contribution in [0.5, 0.6) is 5.75 Å². The summed E-state index contributed by atoms with van der Waals surface area (Å²) in [6, 6.07) is 14.4. The minimum Gasteiger partial charge on any atom is -0.494 e. The number of hydrogen-bond donors (Lipinski definition) is 2. The van der Waals surface area contributed by atoms with E-state index in [9.17, 15) is 0 Å². The summed E-state index contributed by atoms with van der Waals surface area (Å²) < 4.78 is 5.78. The Morgan fingerprint density at radius 3 is 2.77 bits per heavy atom. The fourth-order valence-corrected chi connectivity index (χ4v) is 2.08. The lowest BCUT2D eigenvalue weighted by atomic mass is 10.1. The number of ether oxygens (including phenoxy) is 1. The second-order valence-corrected chi connectivity index (χ2v) is 4.77. The molecule has 4 heteroatoms. The third-order valence-corrected chi connectivity index (χ3v) is 3.18. The molecule has 0 saturated heterocycles. The van der Waals surface area contributed by atoms with E-state index in [1.54, 1.807) is 7.05 Å². The number of hydrogen-bond acceptors (Lipinski definition) is 2. The molecule has 0 aliphatic heterocycles. The van der Waals surface area contributed by atoms with Crippen LogP contribution in [-0.2, 0) is 0 Å². The van der Waals surface area contributed by atoms with Gasteiger partial charge in [-0.3, -0.25) is 4.99 Å². The van der Waals surface area contributed by atoms with Crippen molar-refractivity contribution in [1.29, 1.82) is 0 Å². The van der Waals surface area contributed by atoms with Crippen LogP contribution >= 0.6 is 0 Å². The molecule has 0 radical (unpaired) electrons. The minimum absolute atomic E-state index is 0.466. The molecular weight excluding hydrogens is 274 g/mol. The van der Waals surface area contributed by atoms with Gasteiger partial charge in [-0.2, -0.15) is 0 Å². The summed E-state index contributed by atoms with van der Waals surface area (Å²) in [5, 5.41) is 8.61. The molecule has 2 aromatic carbocycles. The quantitative estimate of drug-likeness (QED) is 0.372. The topological polar surface area (TPSA) is 45.7 Å². The molecule has 2 N–H and O–H groups in total. The molecule has 0 bridgehead atoms. The lowest BCUT2D eigenvalue weighted by molar-refractivity contribution is 0.311. The lowest BCUT2D eigenvalue weighted by Gasteiger charge is -2.11. The molecule has 0 fully saturated rings. The van der Waals surface area contributed by atoms with Gasteiger partial charge in [-0.25, -0.2) is 0 Å². The summed E-state index contributed by atoms with van der Waals surface area (Å²) in [6.07, 6.45) is 6.08. The molecule has 0 atom stereocenters. The van der Waals surface area contributed by atoms with Crippen molar-refractivity contribution < 1.29 is 4.74 Å². The first-order chi connectivity index (χ1) is 10.8. The fourth-order valence-electron chi connectivity index (χ4n) is 2.08. The number of rotatable bonds is 6. The van der Waals surface area contributed by atoms with E-state index in [1.165, 1.54) is 10.8 Å². The van der Waals surface area contributed by atoms with E-state index in [1.807, 2.05) is 18.2 Å². The predicted molar refractivity (Wildman–Crippen MR) is 92.3 cm³/mol. The van der Waals surface area contributed by atoms with Gasteiger partial charge in [0.2, 0.25) is 0 Å². The maximum atomic E-state index is 5.78. The SMILES string of the molecule is C#CCNC(=NC)NCCCOc1ccc2ccccc2c1.